The summed E-state index contributed by atoms with van der Waals surface area (Å²) in [5, 5.41) is 0. The summed E-state index contributed by atoms with van der Waals surface area (Å²) in [5.74, 6) is -5.47. The van der Waals surface area contributed by atoms with Crippen molar-refractivity contribution in [3.8, 4) is 0 Å². The minimum absolute atomic E-state index is 0.0611. The third-order valence-electron chi connectivity index (χ3n) is 23.8. The van der Waals surface area contributed by atoms with Crippen molar-refractivity contribution in [3.63, 3.8) is 0 Å². The molecule has 13 heteroatoms. The summed E-state index contributed by atoms with van der Waals surface area (Å²) in [6.07, 6.45) is 44.4. The van der Waals surface area contributed by atoms with Gasteiger partial charge in [0.1, 0.15) is 5.60 Å². The number of ether oxygens (including phenoxy) is 4. The minimum atomic E-state index is -2.93. The molecule has 1 aliphatic heterocycles. The van der Waals surface area contributed by atoms with E-state index in [2.05, 4.69) is 0 Å². The van der Waals surface area contributed by atoms with Crippen LogP contribution in [0.25, 0.3) is 0 Å². The summed E-state index contributed by atoms with van der Waals surface area (Å²) in [7, 11) is 0. The Bertz CT molecular complexity index is 2780. The fourth-order valence-electron chi connectivity index (χ4n) is 19.2. The lowest BCUT2D eigenvalue weighted by molar-refractivity contribution is -0.415. The molecule has 4 aromatic heterocycles. The normalized spacial score (nSPS) is 30.5. The van der Waals surface area contributed by atoms with Crippen molar-refractivity contribution in [3.05, 3.63) is 96.6 Å². The van der Waals surface area contributed by atoms with Crippen molar-refractivity contribution in [2.75, 3.05) is 0 Å². The summed E-state index contributed by atoms with van der Waals surface area (Å²) < 4.78 is 62.7. The van der Waals surface area contributed by atoms with E-state index in [1.165, 1.54) is 18.8 Å². The average Bonchev–Trinajstić information content (AvgIpc) is 1.02. The van der Waals surface area contributed by atoms with E-state index in [4.69, 9.17) is 44.5 Å². The van der Waals surface area contributed by atoms with Gasteiger partial charge in [-0.2, -0.15) is 0 Å². The molecule has 11 rings (SSSR count). The van der Waals surface area contributed by atoms with Crippen molar-refractivity contribution in [1.82, 2.24) is 0 Å². The van der Waals surface area contributed by atoms with Crippen LogP contribution in [0.5, 0.6) is 0 Å². The van der Waals surface area contributed by atoms with Gasteiger partial charge in [-0.05, 0) is 137 Å². The van der Waals surface area contributed by atoms with Crippen LogP contribution < -0.4 is 0 Å². The predicted octanol–water partition coefficient (Wildman–Crippen LogP) is 21.9. The second kappa shape index (κ2) is 34.5. The largest absolute Gasteiger partial charge is 0.461 e. The highest BCUT2D eigenvalue weighted by Crippen LogP contribution is 2.72. The Morgan fingerprint density at radius 3 is 0.946 bits per heavy atom. The number of ketones is 4. The fraction of sp³-hybridized carbons (Fsp3) is 0.750. The number of hydrogen-bond donors (Lipinski definition) is 1. The molecule has 6 aliphatic carbocycles. The van der Waals surface area contributed by atoms with Gasteiger partial charge in [0.2, 0.25) is 39.9 Å². The Hall–Kier alpha value is -4.01. The predicted molar refractivity (Wildman–Crippen MR) is 366 cm³/mol. The lowest BCUT2D eigenvalue weighted by atomic mass is 9.45. The van der Waals surface area contributed by atoms with E-state index in [-0.39, 0.29) is 28.8 Å². The molecule has 6 atom stereocenters. The average molecular weight is 1300 g/mol. The maximum Gasteiger partial charge on any atom is 0.237 e. The summed E-state index contributed by atoms with van der Waals surface area (Å²) in [4.78, 5) is 72.8. The van der Waals surface area contributed by atoms with Gasteiger partial charge in [-0.15, -0.1) is 12.6 Å². The van der Waals surface area contributed by atoms with E-state index in [0.29, 0.717) is 77.0 Å². The Morgan fingerprint density at radius 2 is 0.602 bits per heavy atom. The highest BCUT2D eigenvalue weighted by molar-refractivity contribution is 7.81. The lowest BCUT2D eigenvalue weighted by Gasteiger charge is -2.74. The smallest absolute Gasteiger partial charge is 0.237 e. The second-order valence-corrected chi connectivity index (χ2v) is 30.6. The van der Waals surface area contributed by atoms with E-state index >= 15 is 19.2 Å². The molecule has 7 aliphatic rings. The fourth-order valence-corrected chi connectivity index (χ4v) is 19.9. The van der Waals surface area contributed by atoms with E-state index in [1.807, 2.05) is 0 Å². The Kier molecular flexibility index (Phi) is 26.1. The van der Waals surface area contributed by atoms with Crippen LogP contribution in [0.3, 0.4) is 0 Å². The summed E-state index contributed by atoms with van der Waals surface area (Å²) in [6, 6.07) is 13.8. The first-order valence-corrected chi connectivity index (χ1v) is 38.9. The van der Waals surface area contributed by atoms with Gasteiger partial charge in [-0.1, -0.05) is 231 Å². The molecular weight excluding hydrogens is 1180 g/mol. The SMILES string of the molecule is O=C(c1ccco1)C(C1CCCCCCCC1)[C@]1(C2CCCCCCCC2)O[C@](S)(C2CCCCCCCC2)[C@](OC2CCCCCCCC2)(C(=O)c2ccco2)[C@@](OC2CCCCCCCC2)(C(=O)c2ccco2)[C@@]1(OC1CCCCCCCC1)C(=O)c1ccco1. The summed E-state index contributed by atoms with van der Waals surface area (Å²) >= 11 is 6.61. The molecule has 514 valence electrons. The van der Waals surface area contributed by atoms with E-state index in [9.17, 15) is 4.74 Å². The molecular formula is C80H116O12S. The first-order chi connectivity index (χ1) is 45.7. The number of carbonyl (C=O) groups excluding carboxylic acids is 4. The summed E-state index contributed by atoms with van der Waals surface area (Å²) in [5.41, 5.74) is -10.7. The summed E-state index contributed by atoms with van der Waals surface area (Å²) in [6.45, 7) is 0. The van der Waals surface area contributed by atoms with Crippen LogP contribution in [-0.4, -0.2) is 68.8 Å². The molecule has 7 fully saturated rings. The molecule has 0 bridgehead atoms. The van der Waals surface area contributed by atoms with Gasteiger partial charge >= 0.3 is 0 Å². The number of hydrogen-bond acceptors (Lipinski definition) is 13. The lowest BCUT2D eigenvalue weighted by Crippen LogP contribution is -2.96. The van der Waals surface area contributed by atoms with Crippen LogP contribution in [-0.2, 0) is 18.9 Å². The third-order valence-corrected chi connectivity index (χ3v) is 24.5. The molecule has 6 saturated carbocycles. The number of rotatable bonds is 18. The second-order valence-electron chi connectivity index (χ2n) is 29.9. The maximum atomic E-state index is 19.2. The van der Waals surface area contributed by atoms with E-state index < -0.39 is 86.7 Å². The van der Waals surface area contributed by atoms with Crippen LogP contribution in [0, 0.1) is 23.7 Å². The standard InChI is InChI=1S/C80H116O12S/c81-72(67-53-37-57-85-67)71(61-41-25-13-1-2-14-26-42-61)76(62-43-27-15-3-4-16-28-44-62)77(73(82)68-54-38-58-86-68,89-64-47-31-19-7-8-20-32-48-64)78(74(83)69-55-39-59-87-69,90-65-49-33-21-9-10-22-34-50-65)79(75(84)70-56-40-60-88-70,91-66-51-35-23-11-12-24-36-52-66)80(93,92-76)63-45-29-17-5-6-18-30-46-63/h37-40,53-66,71,93H,1-36,41-52H2/t71?,76-,77+,78+,79-,80-/m0/s1. The zero-order valence-corrected chi connectivity index (χ0v) is 57.7. The van der Waals surface area contributed by atoms with Gasteiger partial charge in [0.15, 0.2) is 28.0 Å². The molecule has 0 aromatic carbocycles. The Labute approximate surface area is 562 Å². The Balaban J connectivity index is 1.43. The molecule has 0 spiro atoms. The van der Waals surface area contributed by atoms with Crippen molar-refractivity contribution in [2.45, 2.75) is 354 Å². The van der Waals surface area contributed by atoms with Gasteiger partial charge in [-0.25, -0.2) is 0 Å². The maximum absolute atomic E-state index is 19.2. The molecule has 0 amide bonds. The van der Waals surface area contributed by atoms with Gasteiger partial charge in [0.05, 0.1) is 49.3 Å². The molecule has 93 heavy (non-hydrogen) atoms. The van der Waals surface area contributed by atoms with Gasteiger partial charge < -0.3 is 36.6 Å². The van der Waals surface area contributed by atoms with E-state index in [0.717, 1.165) is 231 Å². The van der Waals surface area contributed by atoms with Crippen LogP contribution >= 0.6 is 12.6 Å². The van der Waals surface area contributed by atoms with Crippen LogP contribution in [0.15, 0.2) is 91.3 Å². The number of carbonyl (C=O) groups is 4. The highest BCUT2D eigenvalue weighted by Gasteiger charge is 2.94. The number of Topliss-reactive ketones (excluding diaryl/α,β-unsaturated/α-hetero) is 4. The van der Waals surface area contributed by atoms with Gasteiger partial charge in [-0.3, -0.25) is 19.2 Å². The molecule has 0 N–H and O–H groups in total. The van der Waals surface area contributed by atoms with Crippen LogP contribution in [0.2, 0.25) is 0 Å². The van der Waals surface area contributed by atoms with E-state index in [1.54, 1.807) is 54.8 Å². The van der Waals surface area contributed by atoms with Crippen molar-refractivity contribution < 1.29 is 55.8 Å². The first-order valence-electron chi connectivity index (χ1n) is 38.5. The number of furan rings is 4. The zero-order valence-electron chi connectivity index (χ0n) is 56.8. The van der Waals surface area contributed by atoms with Crippen molar-refractivity contribution >= 4 is 35.8 Å². The molecule has 0 radical (unpaired) electrons. The van der Waals surface area contributed by atoms with Crippen molar-refractivity contribution in [2.24, 2.45) is 23.7 Å². The molecule has 4 aromatic rings. The zero-order chi connectivity index (χ0) is 64.2. The minimum Gasteiger partial charge on any atom is -0.461 e. The van der Waals surface area contributed by atoms with Gasteiger partial charge in [0.25, 0.3) is 0 Å². The van der Waals surface area contributed by atoms with Gasteiger partial charge in [0, 0.05) is 5.92 Å². The monoisotopic (exact) mass is 1300 g/mol. The third kappa shape index (κ3) is 15.2. The quantitative estimate of drug-likeness (QED) is 0.0744. The molecule has 1 saturated heterocycles. The molecule has 1 unspecified atom stereocenters. The molecule has 12 nitrogen and oxygen atoms in total. The Morgan fingerprint density at radius 1 is 0.333 bits per heavy atom. The van der Waals surface area contributed by atoms with Crippen LogP contribution in [0.4, 0.5) is 0 Å². The number of thiol groups is 1. The van der Waals surface area contributed by atoms with Crippen LogP contribution in [0.1, 0.15) is 350 Å². The topological polar surface area (TPSA) is 158 Å². The molecule has 5 heterocycles. The first kappa shape index (κ1) is 70.3. The van der Waals surface area contributed by atoms with Crippen molar-refractivity contribution in [1.29, 1.82) is 0 Å². The highest BCUT2D eigenvalue weighted by atomic mass is 32.1.